The Balaban J connectivity index is 0.0000160. The Bertz CT molecular complexity index is 1020. The van der Waals surface area contributed by atoms with Crippen molar-refractivity contribution in [2.45, 2.75) is 121 Å². The first-order valence-corrected chi connectivity index (χ1v) is 16.5. The molecule has 226 valence electrons. The van der Waals surface area contributed by atoms with Crippen molar-refractivity contribution in [3.63, 3.8) is 0 Å². The van der Waals surface area contributed by atoms with Crippen molar-refractivity contribution in [1.82, 2.24) is 0 Å². The van der Waals surface area contributed by atoms with E-state index >= 15 is 0 Å². The quantitative estimate of drug-likeness (QED) is 0.0539. The zero-order chi connectivity index (χ0) is 29.5. The fourth-order valence-electron chi connectivity index (χ4n) is 4.15. The molecule has 0 atom stereocenters. The molecule has 0 bridgehead atoms. The van der Waals surface area contributed by atoms with Gasteiger partial charge in [0.2, 0.25) is 0 Å². The minimum Gasteiger partial charge on any atom is -0.744 e. The second-order valence-corrected chi connectivity index (χ2v) is 11.4. The number of benzene rings is 1. The Morgan fingerprint density at radius 3 is 1.59 bits per heavy atom. The molecular weight excluding hydrogens is 568 g/mol. The van der Waals surface area contributed by atoms with Gasteiger partial charge >= 0.3 is 63.3 Å². The van der Waals surface area contributed by atoms with Crippen molar-refractivity contribution in [1.29, 1.82) is 0 Å². The van der Waals surface area contributed by atoms with Crippen LogP contribution in [0.25, 0.3) is 0 Å². The number of esters is 2. The van der Waals surface area contributed by atoms with Crippen LogP contribution in [0.1, 0.15) is 137 Å². The third-order valence-electron chi connectivity index (χ3n) is 6.50. The van der Waals surface area contributed by atoms with Gasteiger partial charge in [-0.05, 0) is 63.5 Å². The van der Waals surface area contributed by atoms with Crippen LogP contribution in [0.4, 0.5) is 0 Å². The van der Waals surface area contributed by atoms with E-state index in [1.54, 1.807) is 0 Å². The predicted octanol–water partition coefficient (Wildman–Crippen LogP) is 5.30. The first-order valence-electron chi connectivity index (χ1n) is 15.1. The SMILES string of the molecule is CCCC/C=C/CCCCCCOC(=O)c1cccc(S(=O)(=O)[O-])c1C(=O)OCCCCCC/C=C/CCCC.[K+]. The van der Waals surface area contributed by atoms with Crippen molar-refractivity contribution in [2.75, 3.05) is 13.2 Å². The summed E-state index contributed by atoms with van der Waals surface area (Å²) in [4.78, 5) is 24.8. The van der Waals surface area contributed by atoms with Crippen LogP contribution < -0.4 is 51.4 Å². The first-order chi connectivity index (χ1) is 19.3. The van der Waals surface area contributed by atoms with Crippen molar-refractivity contribution in [3.05, 3.63) is 53.6 Å². The molecule has 1 rings (SSSR count). The topological polar surface area (TPSA) is 110 Å². The van der Waals surface area contributed by atoms with Crippen LogP contribution in [0.2, 0.25) is 0 Å². The van der Waals surface area contributed by atoms with Crippen LogP contribution in [-0.4, -0.2) is 38.1 Å². The Kier molecular flexibility index (Phi) is 25.2. The third kappa shape index (κ3) is 19.2. The molecule has 7 nitrogen and oxygen atoms in total. The van der Waals surface area contributed by atoms with Crippen LogP contribution in [0.3, 0.4) is 0 Å². The molecule has 0 amide bonds. The summed E-state index contributed by atoms with van der Waals surface area (Å²) in [6, 6.07) is 3.55. The molecule has 9 heteroatoms. The van der Waals surface area contributed by atoms with Crippen molar-refractivity contribution in [3.8, 4) is 0 Å². The van der Waals surface area contributed by atoms with Gasteiger partial charge in [-0.2, -0.15) is 0 Å². The molecule has 0 heterocycles. The monoisotopic (exact) mass is 616 g/mol. The molecule has 0 unspecified atom stereocenters. The van der Waals surface area contributed by atoms with E-state index in [1.807, 2.05) is 0 Å². The maximum absolute atomic E-state index is 12.8. The van der Waals surface area contributed by atoms with E-state index in [2.05, 4.69) is 38.2 Å². The molecule has 0 aliphatic carbocycles. The number of hydrogen-bond donors (Lipinski definition) is 0. The average Bonchev–Trinajstić information content (AvgIpc) is 2.93. The van der Waals surface area contributed by atoms with Crippen molar-refractivity contribution >= 4 is 22.1 Å². The summed E-state index contributed by atoms with van der Waals surface area (Å²) in [6.45, 7) is 4.56. The smallest absolute Gasteiger partial charge is 0.744 e. The molecule has 1 aromatic rings. The molecule has 0 spiro atoms. The number of rotatable bonds is 23. The van der Waals surface area contributed by atoms with E-state index in [9.17, 15) is 22.6 Å². The van der Waals surface area contributed by atoms with Gasteiger partial charge in [-0.1, -0.05) is 95.6 Å². The van der Waals surface area contributed by atoms with E-state index in [0.717, 1.165) is 70.3 Å². The van der Waals surface area contributed by atoms with Crippen LogP contribution in [-0.2, 0) is 19.6 Å². The summed E-state index contributed by atoms with van der Waals surface area (Å²) in [5.74, 6) is -1.85. The summed E-state index contributed by atoms with van der Waals surface area (Å²) < 4.78 is 46.1. The summed E-state index contributed by atoms with van der Waals surface area (Å²) in [5.41, 5.74) is -0.816. The molecule has 0 radical (unpaired) electrons. The normalized spacial score (nSPS) is 11.6. The minimum absolute atomic E-state index is 0. The van der Waals surface area contributed by atoms with Gasteiger partial charge in [-0.15, -0.1) is 0 Å². The Morgan fingerprint density at radius 1 is 0.683 bits per heavy atom. The molecule has 41 heavy (non-hydrogen) atoms. The van der Waals surface area contributed by atoms with E-state index in [0.29, 0.717) is 12.8 Å². The Hall–Kier alpha value is -0.814. The zero-order valence-corrected chi connectivity index (χ0v) is 29.5. The molecule has 1 aromatic carbocycles. The summed E-state index contributed by atoms with van der Waals surface area (Å²) >= 11 is 0. The van der Waals surface area contributed by atoms with Crippen molar-refractivity contribution < 1.29 is 83.4 Å². The standard InChI is InChI=1S/C32H50O7S.K/c1-3-5-7-9-11-13-15-17-19-21-26-38-31(33)28-24-23-25-29(40(35,36)37)30(28)32(34)39-27-22-20-18-16-14-12-10-8-6-4-2;/h9-12,23-25H,3-8,13-22,26-27H2,1-2H3,(H,35,36,37);/q;+1/p-1/b11-9+,12-10+;. The van der Waals surface area contributed by atoms with E-state index in [1.165, 1.54) is 37.8 Å². The van der Waals surface area contributed by atoms with Gasteiger partial charge in [0.25, 0.3) is 0 Å². The Labute approximate surface area is 291 Å². The van der Waals surface area contributed by atoms with Crippen molar-refractivity contribution in [2.24, 2.45) is 0 Å². The molecule has 0 aromatic heterocycles. The van der Waals surface area contributed by atoms with Gasteiger partial charge in [-0.25, -0.2) is 18.0 Å². The minimum atomic E-state index is -5.00. The molecule has 0 N–H and O–H groups in total. The van der Waals surface area contributed by atoms with Gasteiger partial charge in [-0.3, -0.25) is 0 Å². The predicted molar refractivity (Wildman–Crippen MR) is 158 cm³/mol. The van der Waals surface area contributed by atoms with Gasteiger partial charge in [0.05, 0.1) is 29.2 Å². The maximum atomic E-state index is 12.8. The second kappa shape index (κ2) is 25.7. The number of carbonyl (C=O) groups excluding carboxylic acids is 2. The first kappa shape index (κ1) is 40.2. The second-order valence-electron chi connectivity index (χ2n) is 10.0. The van der Waals surface area contributed by atoms with E-state index in [4.69, 9.17) is 9.47 Å². The molecule has 0 saturated carbocycles. The number of carbonyl (C=O) groups is 2. The number of ether oxygens (including phenoxy) is 2. The number of allylic oxidation sites excluding steroid dienone is 4. The summed E-state index contributed by atoms with van der Waals surface area (Å²) in [7, 11) is -5.00. The van der Waals surface area contributed by atoms with Gasteiger partial charge < -0.3 is 14.0 Å². The fourth-order valence-corrected chi connectivity index (χ4v) is 4.84. The summed E-state index contributed by atoms with van der Waals surface area (Å²) in [6.07, 6.45) is 25.0. The molecule has 0 aliphatic heterocycles. The van der Waals surface area contributed by atoms with Gasteiger partial charge in [0.1, 0.15) is 10.1 Å². The molecular formula is C32H49KO7S. The van der Waals surface area contributed by atoms with Crippen LogP contribution in [0.15, 0.2) is 47.4 Å². The number of hydrogen-bond acceptors (Lipinski definition) is 7. The van der Waals surface area contributed by atoms with Crippen LogP contribution in [0.5, 0.6) is 0 Å². The third-order valence-corrected chi connectivity index (χ3v) is 7.38. The number of unbranched alkanes of at least 4 members (excludes halogenated alkanes) is 12. The Morgan fingerprint density at radius 2 is 1.12 bits per heavy atom. The van der Waals surface area contributed by atoms with Gasteiger partial charge in [0, 0.05) is 0 Å². The molecule has 0 saturated heterocycles. The van der Waals surface area contributed by atoms with E-state index < -0.39 is 32.5 Å². The van der Waals surface area contributed by atoms with Gasteiger partial charge in [0.15, 0.2) is 0 Å². The zero-order valence-electron chi connectivity index (χ0n) is 25.5. The summed E-state index contributed by atoms with van der Waals surface area (Å²) in [5, 5.41) is 0. The maximum Gasteiger partial charge on any atom is 1.00 e. The average molecular weight is 617 g/mol. The molecule has 0 aliphatic rings. The van der Waals surface area contributed by atoms with Crippen LogP contribution in [0, 0.1) is 0 Å². The van der Waals surface area contributed by atoms with E-state index in [-0.39, 0.29) is 70.2 Å². The fraction of sp³-hybridized carbons (Fsp3) is 0.625. The van der Waals surface area contributed by atoms with Crippen LogP contribution >= 0.6 is 0 Å². The largest absolute Gasteiger partial charge is 1.00 e. The molecule has 0 fully saturated rings.